The number of carboxylic acids is 1. The van der Waals surface area contributed by atoms with E-state index >= 15 is 0 Å². The van der Waals surface area contributed by atoms with Crippen molar-refractivity contribution in [1.82, 2.24) is 5.32 Å². The number of alkyl carbamates (subject to hydrolysis) is 1. The largest absolute Gasteiger partial charge is 0.480 e. The van der Waals surface area contributed by atoms with Crippen molar-refractivity contribution < 1.29 is 32.6 Å². The number of nitrogens with one attached hydrogen (secondary N) is 1. The molecule has 1 aliphatic rings. The van der Waals surface area contributed by atoms with Crippen LogP contribution in [0.4, 0.5) is 18.0 Å². The number of hydrogen-bond donors (Lipinski definition) is 2. The number of hydrogen-bond acceptors (Lipinski definition) is 3. The molecule has 0 aromatic carbocycles. The lowest BCUT2D eigenvalue weighted by Gasteiger charge is -2.28. The monoisotopic (exact) mass is 283 g/mol. The van der Waals surface area contributed by atoms with Crippen molar-refractivity contribution in [3.63, 3.8) is 0 Å². The summed E-state index contributed by atoms with van der Waals surface area (Å²) >= 11 is 0. The molecule has 110 valence electrons. The molecule has 0 spiro atoms. The summed E-state index contributed by atoms with van der Waals surface area (Å²) in [5.74, 6) is -1.72. The summed E-state index contributed by atoms with van der Waals surface area (Å²) < 4.78 is 43.3. The molecule has 5 nitrogen and oxygen atoms in total. The lowest BCUT2D eigenvalue weighted by atomic mass is 9.96. The van der Waals surface area contributed by atoms with Crippen LogP contribution < -0.4 is 5.32 Å². The van der Waals surface area contributed by atoms with E-state index in [2.05, 4.69) is 0 Å². The van der Waals surface area contributed by atoms with Gasteiger partial charge in [0.2, 0.25) is 0 Å². The molecule has 1 aliphatic carbocycles. The van der Waals surface area contributed by atoms with Gasteiger partial charge >= 0.3 is 18.2 Å². The Bertz CT molecular complexity index is 382. The van der Waals surface area contributed by atoms with E-state index in [4.69, 9.17) is 9.84 Å². The van der Waals surface area contributed by atoms with Crippen LogP contribution in [0.15, 0.2) is 0 Å². The molecule has 19 heavy (non-hydrogen) atoms. The zero-order valence-electron chi connectivity index (χ0n) is 10.8. The van der Waals surface area contributed by atoms with Gasteiger partial charge in [-0.2, -0.15) is 13.2 Å². The number of aliphatic carboxylic acids is 1. The van der Waals surface area contributed by atoms with E-state index in [9.17, 15) is 22.8 Å². The molecule has 0 aromatic heterocycles. The molecule has 1 atom stereocenters. The van der Waals surface area contributed by atoms with Crippen LogP contribution in [-0.4, -0.2) is 35.0 Å². The van der Waals surface area contributed by atoms with Crippen LogP contribution in [0.5, 0.6) is 0 Å². The molecule has 1 amide bonds. The molecular formula is C11H16F3NO4. The molecular weight excluding hydrogens is 267 g/mol. The second kappa shape index (κ2) is 4.57. The van der Waals surface area contributed by atoms with E-state index in [0.717, 1.165) is 0 Å². The molecule has 8 heteroatoms. The number of ether oxygens (including phenoxy) is 1. The Morgan fingerprint density at radius 2 is 1.74 bits per heavy atom. The fourth-order valence-electron chi connectivity index (χ4n) is 1.73. The third-order valence-corrected chi connectivity index (χ3v) is 2.81. The summed E-state index contributed by atoms with van der Waals surface area (Å²) in [7, 11) is 0. The fraction of sp³-hybridized carbons (Fsp3) is 0.818. The Morgan fingerprint density at radius 3 is 2.00 bits per heavy atom. The summed E-state index contributed by atoms with van der Waals surface area (Å²) in [5, 5.41) is 10.7. The molecule has 0 aromatic rings. The van der Waals surface area contributed by atoms with Crippen molar-refractivity contribution in [2.75, 3.05) is 0 Å². The van der Waals surface area contributed by atoms with Gasteiger partial charge in [-0.05, 0) is 33.6 Å². The van der Waals surface area contributed by atoms with Crippen molar-refractivity contribution in [2.24, 2.45) is 5.41 Å². The van der Waals surface area contributed by atoms with Gasteiger partial charge in [-0.3, -0.25) is 0 Å². The van der Waals surface area contributed by atoms with Gasteiger partial charge < -0.3 is 15.2 Å². The summed E-state index contributed by atoms with van der Waals surface area (Å²) in [5.41, 5.74) is -3.29. The van der Waals surface area contributed by atoms with Crippen LogP contribution in [-0.2, 0) is 9.53 Å². The maximum Gasteiger partial charge on any atom is 0.408 e. The standard InChI is InChI=1S/C11H16F3NO4/c1-9(2,3)19-8(18)15-6(7(16)17)10(4-5-10)11(12,13)14/h6H,4-5H2,1-3H3,(H,15,18)(H,16,17). The van der Waals surface area contributed by atoms with Crippen molar-refractivity contribution in [3.05, 3.63) is 0 Å². The molecule has 1 fully saturated rings. The maximum atomic E-state index is 12.8. The van der Waals surface area contributed by atoms with Gasteiger partial charge in [0, 0.05) is 0 Å². The molecule has 0 bridgehead atoms. The second-order valence-electron chi connectivity index (χ2n) is 5.57. The van der Waals surface area contributed by atoms with E-state index in [1.165, 1.54) is 20.8 Å². The van der Waals surface area contributed by atoms with Crippen molar-refractivity contribution in [3.8, 4) is 0 Å². The zero-order valence-corrected chi connectivity index (χ0v) is 10.8. The summed E-state index contributed by atoms with van der Waals surface area (Å²) in [4.78, 5) is 22.4. The first-order valence-electron chi connectivity index (χ1n) is 5.68. The molecule has 1 rings (SSSR count). The van der Waals surface area contributed by atoms with Crippen molar-refractivity contribution in [1.29, 1.82) is 0 Å². The van der Waals surface area contributed by atoms with Crippen LogP contribution in [0.3, 0.4) is 0 Å². The van der Waals surface area contributed by atoms with E-state index in [0.29, 0.717) is 0 Å². The van der Waals surface area contributed by atoms with E-state index in [1.807, 2.05) is 0 Å². The molecule has 1 saturated carbocycles. The van der Waals surface area contributed by atoms with Crippen LogP contribution in [0.1, 0.15) is 33.6 Å². The Balaban J connectivity index is 2.82. The quantitative estimate of drug-likeness (QED) is 0.833. The van der Waals surface area contributed by atoms with Crippen LogP contribution in [0.2, 0.25) is 0 Å². The van der Waals surface area contributed by atoms with Gasteiger partial charge in [-0.1, -0.05) is 0 Å². The number of amides is 1. The Hall–Kier alpha value is -1.47. The normalized spacial score (nSPS) is 19.5. The maximum absolute atomic E-state index is 12.8. The van der Waals surface area contributed by atoms with Gasteiger partial charge in [0.15, 0.2) is 0 Å². The molecule has 2 N–H and O–H groups in total. The highest BCUT2D eigenvalue weighted by molar-refractivity contribution is 5.81. The van der Waals surface area contributed by atoms with Gasteiger partial charge in [-0.25, -0.2) is 9.59 Å². The fourth-order valence-corrected chi connectivity index (χ4v) is 1.73. The van der Waals surface area contributed by atoms with E-state index in [1.54, 1.807) is 5.32 Å². The van der Waals surface area contributed by atoms with Gasteiger partial charge in [0.1, 0.15) is 11.6 Å². The van der Waals surface area contributed by atoms with E-state index in [-0.39, 0.29) is 12.8 Å². The number of carbonyl (C=O) groups is 2. The summed E-state index contributed by atoms with van der Waals surface area (Å²) in [6.45, 7) is 4.58. The Morgan fingerprint density at radius 1 is 1.26 bits per heavy atom. The van der Waals surface area contributed by atoms with E-state index < -0.39 is 35.3 Å². The van der Waals surface area contributed by atoms with Gasteiger partial charge in [-0.15, -0.1) is 0 Å². The minimum absolute atomic E-state index is 0.316. The highest BCUT2D eigenvalue weighted by atomic mass is 19.4. The number of carbonyl (C=O) groups excluding carboxylic acids is 1. The molecule has 0 saturated heterocycles. The zero-order chi connectivity index (χ0) is 15.1. The first-order chi connectivity index (χ1) is 8.39. The third kappa shape index (κ3) is 3.51. The topological polar surface area (TPSA) is 75.6 Å². The Labute approximate surface area is 108 Å². The average molecular weight is 283 g/mol. The predicted octanol–water partition coefficient (Wildman–Crippen LogP) is 2.31. The van der Waals surface area contributed by atoms with Crippen molar-refractivity contribution >= 4 is 12.1 Å². The average Bonchev–Trinajstić information content (AvgIpc) is 2.89. The first kappa shape index (κ1) is 15.6. The summed E-state index contributed by atoms with van der Waals surface area (Å²) in [6, 6.07) is -2.03. The second-order valence-corrected chi connectivity index (χ2v) is 5.57. The molecule has 0 heterocycles. The SMILES string of the molecule is CC(C)(C)OC(=O)NC(C(=O)O)C1(C(F)(F)F)CC1. The van der Waals surface area contributed by atoms with Crippen LogP contribution in [0, 0.1) is 5.41 Å². The van der Waals surface area contributed by atoms with Gasteiger partial charge in [0.05, 0.1) is 5.41 Å². The number of halogens is 3. The number of rotatable bonds is 3. The Kier molecular flexibility index (Phi) is 3.75. The minimum Gasteiger partial charge on any atom is -0.480 e. The number of carboxylic acid groups (broad SMARTS) is 1. The predicted molar refractivity (Wildman–Crippen MR) is 58.5 cm³/mol. The number of alkyl halides is 3. The third-order valence-electron chi connectivity index (χ3n) is 2.81. The van der Waals surface area contributed by atoms with Crippen molar-refractivity contribution in [2.45, 2.75) is 51.4 Å². The molecule has 0 aliphatic heterocycles. The minimum atomic E-state index is -4.68. The molecule has 0 radical (unpaired) electrons. The summed E-state index contributed by atoms with van der Waals surface area (Å²) in [6.07, 6.45) is -6.48. The van der Waals surface area contributed by atoms with Crippen LogP contribution in [0.25, 0.3) is 0 Å². The molecule has 1 unspecified atom stereocenters. The first-order valence-corrected chi connectivity index (χ1v) is 5.68. The highest BCUT2D eigenvalue weighted by Crippen LogP contribution is 2.59. The highest BCUT2D eigenvalue weighted by Gasteiger charge is 2.69. The van der Waals surface area contributed by atoms with Gasteiger partial charge in [0.25, 0.3) is 0 Å². The smallest absolute Gasteiger partial charge is 0.408 e. The van der Waals surface area contributed by atoms with Crippen LogP contribution >= 0.6 is 0 Å². The lowest BCUT2D eigenvalue weighted by Crippen LogP contribution is -2.53. The lowest BCUT2D eigenvalue weighted by molar-refractivity contribution is -0.200.